The summed E-state index contributed by atoms with van der Waals surface area (Å²) in [6.07, 6.45) is -1.89. The summed E-state index contributed by atoms with van der Waals surface area (Å²) in [4.78, 5) is 107. The molecule has 0 bridgehead atoms. The van der Waals surface area contributed by atoms with E-state index in [1.165, 1.54) is 44.1 Å². The van der Waals surface area contributed by atoms with Crippen LogP contribution in [0.2, 0.25) is 0 Å². The molecule has 5 aliphatic rings. The quantitative estimate of drug-likeness (QED) is 0.0582. The first-order chi connectivity index (χ1) is 28.3. The lowest BCUT2D eigenvalue weighted by molar-refractivity contribution is -0.163. The number of thiol groups is 1. The monoisotopic (exact) mass is 848 g/mol. The fourth-order valence-electron chi connectivity index (χ4n) is 8.46. The summed E-state index contributed by atoms with van der Waals surface area (Å²) >= 11 is 3.91. The van der Waals surface area contributed by atoms with Crippen LogP contribution in [-0.4, -0.2) is 152 Å². The number of likely N-dealkylation sites (tertiary alicyclic amines) is 2. The number of rotatable bonds is 12. The summed E-state index contributed by atoms with van der Waals surface area (Å²) in [6, 6.07) is 2.23. The zero-order valence-corrected chi connectivity index (χ0v) is 33.7. The largest absolute Gasteiger partial charge is 0.507 e. The average molecular weight is 849 g/mol. The first-order valence-corrected chi connectivity index (χ1v) is 19.7. The molecule has 20 heteroatoms. The highest BCUT2D eigenvalue weighted by Crippen LogP contribution is 2.51. The second-order valence-corrected chi connectivity index (χ2v) is 16.4. The molecular formula is C40H44N6O13S. The van der Waals surface area contributed by atoms with Gasteiger partial charge in [-0.15, -0.1) is 12.6 Å². The molecule has 318 valence electrons. The molecule has 0 aromatic heterocycles. The first kappa shape index (κ1) is 42.3. The number of phenols is 2. The minimum absolute atomic E-state index is 0.0233. The van der Waals surface area contributed by atoms with Crippen molar-refractivity contribution >= 4 is 59.6 Å². The molecule has 6 amide bonds. The Morgan fingerprint density at radius 1 is 0.933 bits per heavy atom. The minimum Gasteiger partial charge on any atom is -0.507 e. The van der Waals surface area contributed by atoms with Crippen molar-refractivity contribution in [3.63, 3.8) is 0 Å². The van der Waals surface area contributed by atoms with Crippen molar-refractivity contribution in [3.8, 4) is 17.2 Å². The number of nitrogens with zero attached hydrogens (tertiary/aromatic N) is 3. The van der Waals surface area contributed by atoms with Crippen LogP contribution in [0.4, 0.5) is 0 Å². The summed E-state index contributed by atoms with van der Waals surface area (Å²) in [5.74, 6) is -6.35. The maximum absolute atomic E-state index is 13.7. The number of ether oxygens (including phenoxy) is 1. The summed E-state index contributed by atoms with van der Waals surface area (Å²) in [6.45, 7) is 4.91. The van der Waals surface area contributed by atoms with Crippen LogP contribution in [0.15, 0.2) is 29.2 Å². The number of aliphatic hydroxyl groups excluding tert-OH is 1. The highest BCUT2D eigenvalue weighted by Gasteiger charge is 2.51. The van der Waals surface area contributed by atoms with Crippen molar-refractivity contribution in [2.45, 2.75) is 62.9 Å². The van der Waals surface area contributed by atoms with Gasteiger partial charge in [0.2, 0.25) is 23.5 Å². The number of amides is 6. The smallest absolute Gasteiger partial charge is 0.267 e. The van der Waals surface area contributed by atoms with Gasteiger partial charge in [-0.2, -0.15) is 0 Å². The second kappa shape index (κ2) is 16.0. The molecule has 0 saturated carbocycles. The maximum atomic E-state index is 13.7. The number of aliphatic hydroxyl groups is 2. The Kier molecular flexibility index (Phi) is 11.3. The van der Waals surface area contributed by atoms with Gasteiger partial charge in [-0.3, -0.25) is 48.2 Å². The molecular weight excluding hydrogens is 805 g/mol. The molecule has 2 fully saturated rings. The van der Waals surface area contributed by atoms with E-state index in [4.69, 9.17) is 4.74 Å². The molecule has 7 rings (SSSR count). The number of phenolic OH excluding ortho intramolecular Hbond substituents is 2. The molecule has 2 aromatic carbocycles. The van der Waals surface area contributed by atoms with Crippen molar-refractivity contribution in [1.29, 1.82) is 0 Å². The number of carbonyl (C=O) groups is 8. The lowest BCUT2D eigenvalue weighted by atomic mass is 9.72. The van der Waals surface area contributed by atoms with Gasteiger partial charge in [0.15, 0.2) is 5.78 Å². The van der Waals surface area contributed by atoms with Crippen LogP contribution in [0, 0.1) is 5.92 Å². The number of hydrogen-bond donors (Lipinski definition) is 8. The van der Waals surface area contributed by atoms with Gasteiger partial charge in [-0.05, 0) is 19.9 Å². The van der Waals surface area contributed by atoms with Crippen LogP contribution >= 0.6 is 12.6 Å². The van der Waals surface area contributed by atoms with Gasteiger partial charge < -0.3 is 46.0 Å². The second-order valence-electron chi connectivity index (χ2n) is 15.9. The number of hydrogen-bond acceptors (Lipinski definition) is 15. The molecule has 2 saturated heterocycles. The highest BCUT2D eigenvalue weighted by molar-refractivity contribution is 7.85. The van der Waals surface area contributed by atoms with Gasteiger partial charge in [0.05, 0.1) is 40.9 Å². The van der Waals surface area contributed by atoms with Crippen LogP contribution < -0.4 is 20.7 Å². The lowest BCUT2D eigenvalue weighted by Crippen LogP contribution is -2.66. The van der Waals surface area contributed by atoms with E-state index >= 15 is 0 Å². The SMILES string of the molecule is COc1cccc2c1C(=O)c1c(O)c3c(c(O)c1C2=O)CC(O)(C(=O)N1CC(CN2CC(NC(=O)C(C)NC(=O)[C@H](C)NC(=O)CCN4C(=O)C=C(S)C4=O)C2)C1)CC3O. The summed E-state index contributed by atoms with van der Waals surface area (Å²) in [7, 11) is 1.32. The van der Waals surface area contributed by atoms with E-state index in [9.17, 15) is 58.8 Å². The zero-order chi connectivity index (χ0) is 43.5. The third kappa shape index (κ3) is 7.48. The zero-order valence-electron chi connectivity index (χ0n) is 32.8. The van der Waals surface area contributed by atoms with Crippen molar-refractivity contribution in [2.24, 2.45) is 5.92 Å². The Hall–Kier alpha value is -5.83. The maximum Gasteiger partial charge on any atom is 0.267 e. The molecule has 3 heterocycles. The van der Waals surface area contributed by atoms with E-state index in [0.717, 1.165) is 11.0 Å². The first-order valence-electron chi connectivity index (χ1n) is 19.3. The number of aromatic hydroxyl groups is 2. The van der Waals surface area contributed by atoms with Gasteiger partial charge in [0.1, 0.15) is 34.9 Å². The number of methoxy groups -OCH3 is 1. The predicted molar refractivity (Wildman–Crippen MR) is 210 cm³/mol. The standard InChI is InChI=1S/C40H44N6O13S/c1-17(41-26(48)7-8-46-27(49)9-25(60)38(46)56)36(54)42-18(2)37(55)43-20-15-44(16-20)12-19-13-45(14-19)39(57)40(58)10-22-28(23(47)11-40)34(52)31-30(33(22)51)32(50)21-5-4-6-24(59-3)29(21)35(31)53/h4-6,9,17-20,23,47,51-52,58,60H,7-8,10-16H2,1-3H3,(H,41,48)(H,42,54)(H,43,55)/t17-,18?,23?,40?/m0/s1. The highest BCUT2D eigenvalue weighted by atomic mass is 32.1. The van der Waals surface area contributed by atoms with Crippen LogP contribution in [0.3, 0.4) is 0 Å². The third-order valence-electron chi connectivity index (χ3n) is 11.6. The van der Waals surface area contributed by atoms with E-state index in [-0.39, 0.29) is 70.9 Å². The minimum atomic E-state index is -2.19. The van der Waals surface area contributed by atoms with Crippen LogP contribution in [0.1, 0.15) is 75.8 Å². The number of carbonyl (C=O) groups excluding carboxylic acids is 8. The molecule has 3 aliphatic heterocycles. The van der Waals surface area contributed by atoms with E-state index in [0.29, 0.717) is 19.6 Å². The van der Waals surface area contributed by atoms with Gasteiger partial charge in [0, 0.05) is 87.2 Å². The number of imide groups is 1. The molecule has 3 unspecified atom stereocenters. The van der Waals surface area contributed by atoms with E-state index in [2.05, 4.69) is 33.5 Å². The number of nitrogens with one attached hydrogen (secondary N) is 3. The fourth-order valence-corrected chi connectivity index (χ4v) is 8.69. The average Bonchev–Trinajstić information content (AvgIpc) is 3.41. The number of fused-ring (bicyclic) bond motifs is 3. The topological polar surface area (TPSA) is 273 Å². The molecule has 7 N–H and O–H groups in total. The Bertz CT molecular complexity index is 2290. The summed E-state index contributed by atoms with van der Waals surface area (Å²) < 4.78 is 5.26. The molecule has 4 atom stereocenters. The van der Waals surface area contributed by atoms with E-state index in [1.54, 1.807) is 0 Å². The summed E-state index contributed by atoms with van der Waals surface area (Å²) in [5, 5.41) is 53.3. The predicted octanol–water partition coefficient (Wildman–Crippen LogP) is -1.57. The van der Waals surface area contributed by atoms with Gasteiger partial charge in [-0.25, -0.2) is 0 Å². The number of ketones is 2. The Morgan fingerprint density at radius 3 is 2.25 bits per heavy atom. The molecule has 0 spiro atoms. The third-order valence-corrected chi connectivity index (χ3v) is 12.0. The lowest BCUT2D eigenvalue weighted by Gasteiger charge is -2.49. The van der Waals surface area contributed by atoms with Crippen LogP contribution in [0.25, 0.3) is 0 Å². The van der Waals surface area contributed by atoms with Gasteiger partial charge >= 0.3 is 0 Å². The van der Waals surface area contributed by atoms with Crippen LogP contribution in [0.5, 0.6) is 17.2 Å². The molecule has 19 nitrogen and oxygen atoms in total. The molecule has 2 aliphatic carbocycles. The normalized spacial score (nSPS) is 22.4. The molecule has 0 radical (unpaired) electrons. The van der Waals surface area contributed by atoms with E-state index in [1.807, 2.05) is 0 Å². The number of benzene rings is 2. The molecule has 60 heavy (non-hydrogen) atoms. The van der Waals surface area contributed by atoms with Crippen molar-refractivity contribution in [3.05, 3.63) is 62.6 Å². The summed E-state index contributed by atoms with van der Waals surface area (Å²) in [5.41, 5.74) is -3.77. The Morgan fingerprint density at radius 2 is 1.60 bits per heavy atom. The fraction of sp³-hybridized carbons (Fsp3) is 0.450. The van der Waals surface area contributed by atoms with E-state index < -0.39 is 106 Å². The van der Waals surface area contributed by atoms with Crippen LogP contribution in [-0.2, 0) is 35.2 Å². The van der Waals surface area contributed by atoms with Crippen molar-refractivity contribution < 1.29 is 63.5 Å². The Labute approximate surface area is 348 Å². The molecule has 2 aromatic rings. The van der Waals surface area contributed by atoms with Gasteiger partial charge in [-0.1, -0.05) is 12.1 Å². The van der Waals surface area contributed by atoms with Crippen molar-refractivity contribution in [2.75, 3.05) is 46.4 Å². The van der Waals surface area contributed by atoms with Crippen molar-refractivity contribution in [1.82, 2.24) is 30.7 Å². The van der Waals surface area contributed by atoms with Gasteiger partial charge in [0.25, 0.3) is 17.7 Å². The Balaban J connectivity index is 0.860.